The van der Waals surface area contributed by atoms with E-state index in [1.165, 1.54) is 11.8 Å². The molecule has 0 bridgehead atoms. The molecule has 3 aromatic heterocycles. The van der Waals surface area contributed by atoms with E-state index < -0.39 is 0 Å². The van der Waals surface area contributed by atoms with Crippen molar-refractivity contribution in [3.05, 3.63) is 69.8 Å². The zero-order chi connectivity index (χ0) is 22.4. The summed E-state index contributed by atoms with van der Waals surface area (Å²) in [6, 6.07) is 9.53. The van der Waals surface area contributed by atoms with Crippen LogP contribution in [0.15, 0.2) is 52.7 Å². The minimum absolute atomic E-state index is 0.169. The Morgan fingerprint density at radius 2 is 2.06 bits per heavy atom. The Hall–Kier alpha value is -3.46. The normalized spacial score (nSPS) is 15.2. The standard InChI is InChI=1S/C23H22N6O2S/c1-13-6-7-18(15(3)9-13)29-21-17(11-25-29)22(31)28-16(12-32-23(28)27-21)10-19(30)26-20-14(2)5-4-8-24-20/h4-9,11,16H,10,12H2,1-3H3,(H,24,26,30). The number of hydrogen-bond donors (Lipinski definition) is 1. The summed E-state index contributed by atoms with van der Waals surface area (Å²) in [7, 11) is 0. The summed E-state index contributed by atoms with van der Waals surface area (Å²) in [6.45, 7) is 5.95. The molecule has 32 heavy (non-hydrogen) atoms. The van der Waals surface area contributed by atoms with Crippen LogP contribution in [0.2, 0.25) is 0 Å². The molecule has 1 aromatic carbocycles. The van der Waals surface area contributed by atoms with E-state index in [2.05, 4.69) is 21.5 Å². The molecule has 1 amide bonds. The highest BCUT2D eigenvalue weighted by Crippen LogP contribution is 2.33. The molecule has 4 heterocycles. The molecule has 0 fully saturated rings. The highest BCUT2D eigenvalue weighted by atomic mass is 32.2. The number of nitrogens with zero attached hydrogens (tertiary/aromatic N) is 5. The average Bonchev–Trinajstić information content (AvgIpc) is 3.35. The van der Waals surface area contributed by atoms with Gasteiger partial charge in [-0.05, 0) is 44.0 Å². The first kappa shape index (κ1) is 20.4. The van der Waals surface area contributed by atoms with E-state index in [0.717, 1.165) is 22.4 Å². The number of pyridine rings is 1. The molecular formula is C23H22N6O2S. The van der Waals surface area contributed by atoms with Gasteiger partial charge in [-0.3, -0.25) is 14.2 Å². The third kappa shape index (κ3) is 3.48. The number of benzene rings is 1. The van der Waals surface area contributed by atoms with Crippen LogP contribution in [0.5, 0.6) is 0 Å². The molecule has 0 saturated heterocycles. The molecule has 9 heteroatoms. The van der Waals surface area contributed by atoms with Gasteiger partial charge in [-0.15, -0.1) is 0 Å². The van der Waals surface area contributed by atoms with E-state index in [0.29, 0.717) is 27.8 Å². The predicted molar refractivity (Wildman–Crippen MR) is 125 cm³/mol. The van der Waals surface area contributed by atoms with Gasteiger partial charge in [-0.1, -0.05) is 35.5 Å². The van der Waals surface area contributed by atoms with Crippen molar-refractivity contribution in [2.24, 2.45) is 0 Å². The summed E-state index contributed by atoms with van der Waals surface area (Å²) in [5.74, 6) is 0.975. The summed E-state index contributed by atoms with van der Waals surface area (Å²) < 4.78 is 3.35. The molecule has 1 aliphatic heterocycles. The van der Waals surface area contributed by atoms with Gasteiger partial charge in [0.1, 0.15) is 11.2 Å². The molecule has 162 valence electrons. The molecule has 0 saturated carbocycles. The van der Waals surface area contributed by atoms with Crippen molar-refractivity contribution in [1.29, 1.82) is 0 Å². The third-order valence-corrected chi connectivity index (χ3v) is 6.74. The number of aromatic nitrogens is 5. The van der Waals surface area contributed by atoms with Gasteiger partial charge in [-0.2, -0.15) is 5.10 Å². The van der Waals surface area contributed by atoms with Crippen LogP contribution in [0.1, 0.15) is 29.2 Å². The van der Waals surface area contributed by atoms with Gasteiger partial charge in [0.05, 0.1) is 17.9 Å². The Kier molecular flexibility index (Phi) is 5.05. The van der Waals surface area contributed by atoms with Gasteiger partial charge in [0.25, 0.3) is 5.56 Å². The van der Waals surface area contributed by atoms with Crippen molar-refractivity contribution >= 4 is 34.5 Å². The zero-order valence-electron chi connectivity index (χ0n) is 18.0. The molecular weight excluding hydrogens is 424 g/mol. The van der Waals surface area contributed by atoms with Crippen molar-refractivity contribution in [2.45, 2.75) is 38.4 Å². The monoisotopic (exact) mass is 446 g/mol. The SMILES string of the molecule is Cc1ccc(-n2ncc3c(=O)n4c(nc32)SCC4CC(=O)Nc2ncccc2C)c(C)c1. The quantitative estimate of drug-likeness (QED) is 0.482. The summed E-state index contributed by atoms with van der Waals surface area (Å²) in [5.41, 5.74) is 4.37. The molecule has 0 spiro atoms. The molecule has 0 radical (unpaired) electrons. The first-order valence-corrected chi connectivity index (χ1v) is 11.3. The van der Waals surface area contributed by atoms with E-state index in [4.69, 9.17) is 4.98 Å². The van der Waals surface area contributed by atoms with E-state index >= 15 is 0 Å². The molecule has 8 nitrogen and oxygen atoms in total. The van der Waals surface area contributed by atoms with Crippen LogP contribution in [0.25, 0.3) is 16.7 Å². The number of fused-ring (bicyclic) bond motifs is 2. The van der Waals surface area contributed by atoms with Gasteiger partial charge in [0, 0.05) is 18.4 Å². The maximum atomic E-state index is 13.3. The Morgan fingerprint density at radius 3 is 2.84 bits per heavy atom. The van der Waals surface area contributed by atoms with Gasteiger partial charge in [0.2, 0.25) is 5.91 Å². The minimum atomic E-state index is -0.270. The Labute approximate surface area is 188 Å². The number of rotatable bonds is 4. The second-order valence-corrected chi connectivity index (χ2v) is 9.03. The van der Waals surface area contributed by atoms with Crippen molar-refractivity contribution < 1.29 is 4.79 Å². The van der Waals surface area contributed by atoms with Crippen LogP contribution < -0.4 is 10.9 Å². The lowest BCUT2D eigenvalue weighted by molar-refractivity contribution is -0.116. The van der Waals surface area contributed by atoms with Crippen LogP contribution in [-0.2, 0) is 4.79 Å². The molecule has 1 atom stereocenters. The highest BCUT2D eigenvalue weighted by molar-refractivity contribution is 7.99. The Balaban J connectivity index is 1.47. The van der Waals surface area contributed by atoms with Crippen molar-refractivity contribution in [3.63, 3.8) is 0 Å². The maximum Gasteiger partial charge on any atom is 0.265 e. The van der Waals surface area contributed by atoms with E-state index in [1.807, 2.05) is 45.0 Å². The fourth-order valence-electron chi connectivity index (χ4n) is 4.01. The fourth-order valence-corrected chi connectivity index (χ4v) is 5.14. The largest absolute Gasteiger partial charge is 0.310 e. The first-order chi connectivity index (χ1) is 15.4. The van der Waals surface area contributed by atoms with Gasteiger partial charge in [0.15, 0.2) is 10.8 Å². The Morgan fingerprint density at radius 1 is 1.22 bits per heavy atom. The number of carbonyl (C=O) groups excluding carboxylic acids is 1. The number of carbonyl (C=O) groups is 1. The van der Waals surface area contributed by atoms with E-state index in [-0.39, 0.29) is 23.9 Å². The lowest BCUT2D eigenvalue weighted by atomic mass is 10.1. The highest BCUT2D eigenvalue weighted by Gasteiger charge is 2.30. The number of thioether (sulfide) groups is 1. The van der Waals surface area contributed by atoms with Crippen LogP contribution in [0.4, 0.5) is 5.82 Å². The summed E-state index contributed by atoms with van der Waals surface area (Å²) >= 11 is 1.49. The summed E-state index contributed by atoms with van der Waals surface area (Å²) in [6.07, 6.45) is 3.38. The number of nitrogens with one attached hydrogen (secondary N) is 1. The van der Waals surface area contributed by atoms with Crippen LogP contribution in [0, 0.1) is 20.8 Å². The minimum Gasteiger partial charge on any atom is -0.310 e. The van der Waals surface area contributed by atoms with Gasteiger partial charge in [-0.25, -0.2) is 14.6 Å². The average molecular weight is 447 g/mol. The van der Waals surface area contributed by atoms with Crippen molar-refractivity contribution in [1.82, 2.24) is 24.3 Å². The molecule has 1 unspecified atom stereocenters. The molecule has 4 aromatic rings. The number of hydrogen-bond acceptors (Lipinski definition) is 6. The number of anilines is 1. The smallest absolute Gasteiger partial charge is 0.265 e. The van der Waals surface area contributed by atoms with Crippen LogP contribution in [0.3, 0.4) is 0 Å². The second kappa shape index (κ2) is 7.90. The van der Waals surface area contributed by atoms with Crippen LogP contribution >= 0.6 is 11.8 Å². The summed E-state index contributed by atoms with van der Waals surface area (Å²) in [5, 5.41) is 8.36. The maximum absolute atomic E-state index is 13.3. The molecule has 1 aliphatic rings. The fraction of sp³-hybridized carbons (Fsp3) is 0.261. The molecule has 0 aliphatic carbocycles. The molecule has 5 rings (SSSR count). The zero-order valence-corrected chi connectivity index (χ0v) is 18.8. The number of amides is 1. The lowest BCUT2D eigenvalue weighted by Gasteiger charge is -2.14. The predicted octanol–water partition coefficient (Wildman–Crippen LogP) is 3.58. The van der Waals surface area contributed by atoms with E-state index in [1.54, 1.807) is 21.6 Å². The molecule has 1 N–H and O–H groups in total. The second-order valence-electron chi connectivity index (χ2n) is 8.04. The Bertz CT molecular complexity index is 1420. The van der Waals surface area contributed by atoms with Crippen molar-refractivity contribution in [3.8, 4) is 5.69 Å². The van der Waals surface area contributed by atoms with Gasteiger partial charge >= 0.3 is 0 Å². The topological polar surface area (TPSA) is 94.7 Å². The van der Waals surface area contributed by atoms with Crippen molar-refractivity contribution in [2.75, 3.05) is 11.1 Å². The van der Waals surface area contributed by atoms with Crippen LogP contribution in [-0.4, -0.2) is 36.0 Å². The number of aryl methyl sites for hydroxylation is 3. The van der Waals surface area contributed by atoms with Gasteiger partial charge < -0.3 is 5.32 Å². The lowest BCUT2D eigenvalue weighted by Crippen LogP contribution is -2.28. The van der Waals surface area contributed by atoms with E-state index in [9.17, 15) is 9.59 Å². The third-order valence-electron chi connectivity index (χ3n) is 5.64. The summed E-state index contributed by atoms with van der Waals surface area (Å²) in [4.78, 5) is 34.9. The first-order valence-electron chi connectivity index (χ1n) is 10.3.